The normalized spacial score (nSPS) is 25.9. The number of hydrogen-bond acceptors (Lipinski definition) is 9. The van der Waals surface area contributed by atoms with Crippen molar-refractivity contribution in [2.45, 2.75) is 235 Å². The second kappa shape index (κ2) is 25.9. The molecule has 13 nitrogen and oxygen atoms in total. The maximum Gasteiger partial charge on any atom is 0.410 e. The lowest BCUT2D eigenvalue weighted by Gasteiger charge is -2.58. The number of rotatable bonds is 23. The molecule has 0 aromatic heterocycles. The van der Waals surface area contributed by atoms with E-state index in [4.69, 9.17) is 18.9 Å². The van der Waals surface area contributed by atoms with Crippen molar-refractivity contribution in [1.82, 2.24) is 20.4 Å². The molecule has 4 amide bonds. The molecule has 0 bridgehead atoms. The van der Waals surface area contributed by atoms with Gasteiger partial charge < -0.3 is 39.4 Å². The molecular formula is C57H100N4O9. The minimum Gasteiger partial charge on any atom is -0.462 e. The molecule has 0 heterocycles. The zero-order valence-electron chi connectivity index (χ0n) is 46.7. The minimum atomic E-state index is -0.676. The molecule has 0 spiro atoms. The lowest BCUT2D eigenvalue weighted by molar-refractivity contribution is -0.151. The van der Waals surface area contributed by atoms with Crippen molar-refractivity contribution in [2.75, 3.05) is 39.3 Å². The molecule has 0 saturated heterocycles. The van der Waals surface area contributed by atoms with Crippen LogP contribution < -0.4 is 10.6 Å². The Hall–Kier alpha value is -3.51. The number of amides is 4. The van der Waals surface area contributed by atoms with Gasteiger partial charge in [-0.2, -0.15) is 0 Å². The highest BCUT2D eigenvalue weighted by Crippen LogP contribution is 2.67. The highest BCUT2D eigenvalue weighted by atomic mass is 16.6. The van der Waals surface area contributed by atoms with Crippen molar-refractivity contribution >= 4 is 30.2 Å². The van der Waals surface area contributed by atoms with Gasteiger partial charge in [-0.05, 0) is 186 Å². The first kappa shape index (κ1) is 59.1. The molecule has 70 heavy (non-hydrogen) atoms. The molecule has 13 heteroatoms. The van der Waals surface area contributed by atoms with Crippen molar-refractivity contribution in [1.29, 1.82) is 0 Å². The SMILES string of the molecule is CC(C)CCCC(C)[C@H]1CC[C@H]2[C@@H]3CC=C4C[C@@H](OC(=O)CCCC(=O)N(CCCCN(CCCNC(=O)OC(C)(C)C)C(=O)OC(C)(C)C)CCCNC(=O)OC(C)(C)C)CC[C@]4(C)[C@H]3CC[C@]12C. The standard InChI is InChI=1S/C57H100N4O9/c1-40(2)21-17-22-41(3)45-27-28-46-44-26-25-42-39-43(29-31-56(42,13)47(44)30-32-57(45,46)14)67-49(63)24-18-23-48(62)60(37-19-33-58-50(64)68-53(4,5)6)35-15-16-36-61(52(66)70-55(10,11)12)38-20-34-59-51(65)69-54(7,8)9/h25,40-41,43-47H,15-24,26-39H2,1-14H3,(H,58,64)(H,59,65)/t41?,43-,44-,45+,46-,47-,56-,57+/m0/s1. The van der Waals surface area contributed by atoms with Gasteiger partial charge in [-0.3, -0.25) is 9.59 Å². The molecule has 4 aliphatic carbocycles. The van der Waals surface area contributed by atoms with Gasteiger partial charge in [0.15, 0.2) is 0 Å². The first-order chi connectivity index (χ1) is 32.6. The number of ether oxygens (including phenoxy) is 4. The number of unbranched alkanes of at least 4 members (excludes halogenated alkanes) is 1. The fraction of sp³-hybridized carbons (Fsp3) is 0.877. The molecule has 1 unspecified atom stereocenters. The molecule has 2 N–H and O–H groups in total. The van der Waals surface area contributed by atoms with E-state index in [1.165, 1.54) is 50.5 Å². The Bertz CT molecular complexity index is 1740. The fourth-order valence-corrected chi connectivity index (χ4v) is 12.7. The zero-order chi connectivity index (χ0) is 52.1. The van der Waals surface area contributed by atoms with Crippen LogP contribution in [0, 0.1) is 46.3 Å². The van der Waals surface area contributed by atoms with Crippen LogP contribution in [0.15, 0.2) is 11.6 Å². The van der Waals surface area contributed by atoms with E-state index in [2.05, 4.69) is 51.3 Å². The third-order valence-electron chi connectivity index (χ3n) is 16.0. The Balaban J connectivity index is 1.28. The molecule has 0 aromatic rings. The smallest absolute Gasteiger partial charge is 0.410 e. The van der Waals surface area contributed by atoms with Crippen LogP contribution in [-0.4, -0.2) is 102 Å². The summed E-state index contributed by atoms with van der Waals surface area (Å²) in [5.74, 6) is 4.42. The summed E-state index contributed by atoms with van der Waals surface area (Å²) in [6.45, 7) is 31.1. The predicted molar refractivity (Wildman–Crippen MR) is 278 cm³/mol. The van der Waals surface area contributed by atoms with Crippen LogP contribution in [0.2, 0.25) is 0 Å². The number of alkyl carbamates (subject to hydrolysis) is 2. The Morgan fingerprint density at radius 2 is 1.23 bits per heavy atom. The summed E-state index contributed by atoms with van der Waals surface area (Å²) < 4.78 is 22.6. The molecule has 4 aliphatic rings. The predicted octanol–water partition coefficient (Wildman–Crippen LogP) is 12.8. The Kier molecular flexibility index (Phi) is 21.9. The molecule has 0 aliphatic heterocycles. The third kappa shape index (κ3) is 18.5. The Morgan fingerprint density at radius 3 is 1.81 bits per heavy atom. The zero-order valence-corrected chi connectivity index (χ0v) is 46.7. The van der Waals surface area contributed by atoms with Crippen molar-refractivity contribution in [3.8, 4) is 0 Å². The van der Waals surface area contributed by atoms with Crippen LogP contribution in [0.1, 0.15) is 213 Å². The van der Waals surface area contributed by atoms with Gasteiger partial charge in [0, 0.05) is 58.5 Å². The number of carbonyl (C=O) groups is 5. The molecule has 3 fully saturated rings. The average Bonchev–Trinajstić information content (AvgIpc) is 3.59. The number of esters is 1. The van der Waals surface area contributed by atoms with Crippen LogP contribution in [0.25, 0.3) is 0 Å². The van der Waals surface area contributed by atoms with Crippen LogP contribution in [0.4, 0.5) is 14.4 Å². The largest absolute Gasteiger partial charge is 0.462 e. The molecule has 0 aromatic carbocycles. The lowest BCUT2D eigenvalue weighted by atomic mass is 9.47. The van der Waals surface area contributed by atoms with Gasteiger partial charge in [-0.15, -0.1) is 0 Å². The van der Waals surface area contributed by atoms with Crippen LogP contribution in [-0.2, 0) is 28.5 Å². The first-order valence-corrected chi connectivity index (χ1v) is 27.7. The third-order valence-corrected chi connectivity index (χ3v) is 16.0. The summed E-state index contributed by atoms with van der Waals surface area (Å²) in [5.41, 5.74) is 0.246. The summed E-state index contributed by atoms with van der Waals surface area (Å²) >= 11 is 0. The van der Waals surface area contributed by atoms with Gasteiger partial charge in [0.05, 0.1) is 0 Å². The van der Waals surface area contributed by atoms with E-state index < -0.39 is 35.1 Å². The maximum absolute atomic E-state index is 13.8. The molecule has 4 rings (SSSR count). The summed E-state index contributed by atoms with van der Waals surface area (Å²) in [6.07, 6.45) is 17.5. The van der Waals surface area contributed by atoms with E-state index in [1.807, 2.05) is 41.5 Å². The van der Waals surface area contributed by atoms with Crippen molar-refractivity contribution in [3.63, 3.8) is 0 Å². The Morgan fingerprint density at radius 1 is 0.657 bits per heavy atom. The number of carbonyl (C=O) groups excluding carboxylic acids is 5. The molecule has 0 radical (unpaired) electrons. The average molecular weight is 985 g/mol. The second-order valence-electron chi connectivity index (χ2n) is 25.6. The monoisotopic (exact) mass is 985 g/mol. The highest BCUT2D eigenvalue weighted by molar-refractivity contribution is 5.77. The van der Waals surface area contributed by atoms with E-state index in [0.29, 0.717) is 82.7 Å². The van der Waals surface area contributed by atoms with Gasteiger partial charge in [0.25, 0.3) is 0 Å². The van der Waals surface area contributed by atoms with Gasteiger partial charge in [-0.25, -0.2) is 14.4 Å². The summed E-state index contributed by atoms with van der Waals surface area (Å²) in [7, 11) is 0. The number of nitrogens with one attached hydrogen (secondary N) is 2. The topological polar surface area (TPSA) is 153 Å². The second-order valence-corrected chi connectivity index (χ2v) is 25.6. The summed E-state index contributed by atoms with van der Waals surface area (Å²) in [4.78, 5) is 68.2. The van der Waals surface area contributed by atoms with Crippen LogP contribution in [0.3, 0.4) is 0 Å². The highest BCUT2D eigenvalue weighted by Gasteiger charge is 2.59. The number of hydrogen-bond donors (Lipinski definition) is 2. The van der Waals surface area contributed by atoms with Gasteiger partial charge >= 0.3 is 24.2 Å². The number of nitrogens with zero attached hydrogens (tertiary/aromatic N) is 2. The van der Waals surface area contributed by atoms with E-state index in [9.17, 15) is 24.0 Å². The summed E-state index contributed by atoms with van der Waals surface area (Å²) in [6, 6.07) is 0. The number of fused-ring (bicyclic) bond motifs is 5. The van der Waals surface area contributed by atoms with E-state index in [-0.39, 0.29) is 36.2 Å². The van der Waals surface area contributed by atoms with E-state index >= 15 is 0 Å². The molecule has 8 atom stereocenters. The molecule has 3 saturated carbocycles. The van der Waals surface area contributed by atoms with Crippen molar-refractivity contribution < 1.29 is 42.9 Å². The van der Waals surface area contributed by atoms with Crippen LogP contribution in [0.5, 0.6) is 0 Å². The van der Waals surface area contributed by atoms with Gasteiger partial charge in [-0.1, -0.05) is 65.5 Å². The summed E-state index contributed by atoms with van der Waals surface area (Å²) in [5, 5.41) is 5.53. The van der Waals surface area contributed by atoms with E-state index in [0.717, 1.165) is 55.3 Å². The van der Waals surface area contributed by atoms with Gasteiger partial charge in [0.1, 0.15) is 22.9 Å². The molecular weight excluding hydrogens is 885 g/mol. The first-order valence-electron chi connectivity index (χ1n) is 27.7. The lowest BCUT2D eigenvalue weighted by Crippen LogP contribution is -2.51. The fourth-order valence-electron chi connectivity index (χ4n) is 12.7. The van der Waals surface area contributed by atoms with Crippen molar-refractivity contribution in [2.24, 2.45) is 46.3 Å². The maximum atomic E-state index is 13.8. The molecule has 402 valence electrons. The number of allylic oxidation sites excluding steroid dienone is 1. The Labute approximate surface area is 424 Å². The minimum absolute atomic E-state index is 0.0598. The quantitative estimate of drug-likeness (QED) is 0.0441. The van der Waals surface area contributed by atoms with E-state index in [1.54, 1.807) is 30.6 Å². The van der Waals surface area contributed by atoms with Crippen LogP contribution >= 0.6 is 0 Å². The van der Waals surface area contributed by atoms with Crippen molar-refractivity contribution in [3.05, 3.63) is 11.6 Å². The van der Waals surface area contributed by atoms with Gasteiger partial charge in [0.2, 0.25) is 5.91 Å².